The molecule has 0 aliphatic carbocycles. The van der Waals surface area contributed by atoms with Crippen LogP contribution < -0.4 is 0 Å². The van der Waals surface area contributed by atoms with E-state index in [9.17, 15) is 9.90 Å². The average molecular weight is 230 g/mol. The monoisotopic (exact) mass is 230 g/mol. The van der Waals surface area contributed by atoms with Crippen LogP contribution >= 0.6 is 0 Å². The van der Waals surface area contributed by atoms with Gasteiger partial charge in [0.1, 0.15) is 0 Å². The first-order chi connectivity index (χ1) is 7.70. The van der Waals surface area contributed by atoms with Gasteiger partial charge in [-0.15, -0.1) is 0 Å². The lowest BCUT2D eigenvalue weighted by molar-refractivity contribution is 0.0590. The van der Waals surface area contributed by atoms with Crippen LogP contribution in [0.4, 0.5) is 0 Å². The van der Waals surface area contributed by atoms with Gasteiger partial charge in [-0.1, -0.05) is 0 Å². The Morgan fingerprint density at radius 1 is 1.56 bits per heavy atom. The van der Waals surface area contributed by atoms with Gasteiger partial charge in [0.2, 0.25) is 11.6 Å². The van der Waals surface area contributed by atoms with E-state index in [4.69, 9.17) is 9.84 Å². The highest BCUT2D eigenvalue weighted by molar-refractivity contribution is 5.89. The molecule has 7 nitrogen and oxygen atoms in total. The van der Waals surface area contributed by atoms with Crippen LogP contribution in [0.2, 0.25) is 0 Å². The van der Waals surface area contributed by atoms with E-state index in [1.165, 1.54) is 18.0 Å². The molecule has 0 saturated carbocycles. The lowest BCUT2D eigenvalue weighted by Crippen LogP contribution is -2.08. The van der Waals surface area contributed by atoms with E-state index in [-0.39, 0.29) is 24.8 Å². The predicted octanol–water partition coefficient (Wildman–Crippen LogP) is -0.616. The summed E-state index contributed by atoms with van der Waals surface area (Å²) >= 11 is 0. The fourth-order valence-electron chi connectivity index (χ4n) is 1.11. The smallest absolute Gasteiger partial charge is 0.362 e. The van der Waals surface area contributed by atoms with Gasteiger partial charge in [-0.2, -0.15) is 0 Å². The Balaban J connectivity index is 2.55. The third-order valence-corrected chi connectivity index (χ3v) is 1.90. The summed E-state index contributed by atoms with van der Waals surface area (Å²) in [6.45, 7) is 0.837. The minimum Gasteiger partial charge on any atom is -0.493 e. The van der Waals surface area contributed by atoms with Crippen molar-refractivity contribution in [2.24, 2.45) is 0 Å². The highest BCUT2D eigenvalue weighted by Gasteiger charge is 2.17. The van der Waals surface area contributed by atoms with Gasteiger partial charge >= 0.3 is 5.97 Å². The van der Waals surface area contributed by atoms with Crippen LogP contribution in [0.3, 0.4) is 0 Å². The summed E-state index contributed by atoms with van der Waals surface area (Å²) in [7, 11) is 1.21. The Morgan fingerprint density at radius 3 is 2.94 bits per heavy atom. The quantitative estimate of drug-likeness (QED) is 0.500. The van der Waals surface area contributed by atoms with Crippen molar-refractivity contribution in [1.82, 2.24) is 9.55 Å². The molecule has 0 amide bonds. The molecule has 90 valence electrons. The summed E-state index contributed by atoms with van der Waals surface area (Å²) < 4.78 is 10.8. The van der Waals surface area contributed by atoms with Crippen molar-refractivity contribution in [3.63, 3.8) is 0 Å². The molecule has 0 bridgehead atoms. The number of carbonyl (C=O) groups is 1. The first-order valence-electron chi connectivity index (χ1n) is 4.71. The molecule has 1 rings (SSSR count). The summed E-state index contributed by atoms with van der Waals surface area (Å²) in [6.07, 6.45) is 1.32. The van der Waals surface area contributed by atoms with Gasteiger partial charge in [-0.05, 0) is 0 Å². The van der Waals surface area contributed by atoms with Crippen molar-refractivity contribution in [1.29, 1.82) is 0 Å². The predicted molar refractivity (Wildman–Crippen MR) is 53.1 cm³/mol. The molecular weight excluding hydrogens is 216 g/mol. The topological polar surface area (TPSA) is 93.8 Å². The second-order valence-corrected chi connectivity index (χ2v) is 2.94. The molecule has 1 heterocycles. The maximum Gasteiger partial charge on any atom is 0.362 e. The summed E-state index contributed by atoms with van der Waals surface area (Å²) in [4.78, 5) is 14.8. The van der Waals surface area contributed by atoms with E-state index in [0.29, 0.717) is 13.2 Å². The first-order valence-corrected chi connectivity index (χ1v) is 4.71. The van der Waals surface area contributed by atoms with E-state index in [2.05, 4.69) is 9.72 Å². The molecule has 0 aromatic carbocycles. The Bertz CT molecular complexity index is 350. The lowest BCUT2D eigenvalue weighted by atomic mass is 10.4. The molecule has 0 atom stereocenters. The molecule has 1 aromatic rings. The van der Waals surface area contributed by atoms with Crippen molar-refractivity contribution >= 4 is 5.97 Å². The third kappa shape index (κ3) is 2.94. The van der Waals surface area contributed by atoms with Gasteiger partial charge in [-0.25, -0.2) is 9.78 Å². The number of aliphatic hydroxyl groups excluding tert-OH is 1. The largest absolute Gasteiger partial charge is 0.493 e. The summed E-state index contributed by atoms with van der Waals surface area (Å²) in [5.41, 5.74) is -0.121. The second-order valence-electron chi connectivity index (χ2n) is 2.94. The average Bonchev–Trinajstić information content (AvgIpc) is 2.65. The van der Waals surface area contributed by atoms with Crippen LogP contribution in [-0.4, -0.2) is 52.7 Å². The lowest BCUT2D eigenvalue weighted by Gasteiger charge is -2.04. The number of ether oxygens (including phenoxy) is 2. The summed E-state index contributed by atoms with van der Waals surface area (Å²) in [5.74, 6) is -0.938. The minimum atomic E-state index is -0.687. The zero-order valence-corrected chi connectivity index (χ0v) is 8.92. The van der Waals surface area contributed by atoms with Gasteiger partial charge in [0.25, 0.3) is 0 Å². The van der Waals surface area contributed by atoms with Gasteiger partial charge in [0.15, 0.2) is 0 Å². The van der Waals surface area contributed by atoms with Gasteiger partial charge in [0.05, 0.1) is 39.8 Å². The Hall–Kier alpha value is -1.60. The van der Waals surface area contributed by atoms with Crippen LogP contribution in [0.25, 0.3) is 0 Å². The minimum absolute atomic E-state index is 0.0523. The van der Waals surface area contributed by atoms with Gasteiger partial charge < -0.3 is 19.7 Å². The molecule has 1 aromatic heterocycles. The number of esters is 1. The number of methoxy groups -OCH3 is 1. The molecule has 7 heteroatoms. The van der Waals surface area contributed by atoms with E-state index in [0.717, 1.165) is 0 Å². The number of aromatic hydroxyl groups is 1. The number of rotatable bonds is 6. The third-order valence-electron chi connectivity index (χ3n) is 1.90. The number of aliphatic hydroxyl groups is 1. The zero-order chi connectivity index (χ0) is 12.0. The van der Waals surface area contributed by atoms with Crippen molar-refractivity contribution in [2.75, 3.05) is 26.9 Å². The van der Waals surface area contributed by atoms with Crippen molar-refractivity contribution in [2.45, 2.75) is 6.54 Å². The fraction of sp³-hybridized carbons (Fsp3) is 0.556. The molecule has 0 aliphatic heterocycles. The van der Waals surface area contributed by atoms with Crippen LogP contribution in [0.1, 0.15) is 10.5 Å². The number of imidazole rings is 1. The molecule has 0 fully saturated rings. The highest BCUT2D eigenvalue weighted by atomic mass is 16.5. The van der Waals surface area contributed by atoms with E-state index in [1.54, 1.807) is 0 Å². The van der Waals surface area contributed by atoms with E-state index >= 15 is 0 Å². The number of hydrogen-bond acceptors (Lipinski definition) is 6. The molecule has 2 N–H and O–H groups in total. The van der Waals surface area contributed by atoms with E-state index < -0.39 is 5.97 Å². The molecule has 0 unspecified atom stereocenters. The molecule has 0 aliphatic rings. The summed E-state index contributed by atoms with van der Waals surface area (Å²) in [6, 6.07) is 0. The Morgan fingerprint density at radius 2 is 2.31 bits per heavy atom. The van der Waals surface area contributed by atoms with Crippen LogP contribution in [0.15, 0.2) is 6.33 Å². The normalized spacial score (nSPS) is 10.4. The molecule has 0 radical (unpaired) electrons. The number of carbonyl (C=O) groups excluding carboxylic acids is 1. The fourth-order valence-corrected chi connectivity index (χ4v) is 1.11. The number of nitrogens with zero attached hydrogens (tertiary/aromatic N) is 2. The van der Waals surface area contributed by atoms with Crippen LogP contribution in [0.5, 0.6) is 5.88 Å². The van der Waals surface area contributed by atoms with Crippen molar-refractivity contribution < 1.29 is 24.5 Å². The van der Waals surface area contributed by atoms with Crippen LogP contribution in [-0.2, 0) is 16.0 Å². The van der Waals surface area contributed by atoms with Crippen molar-refractivity contribution in [3.05, 3.63) is 12.0 Å². The van der Waals surface area contributed by atoms with Gasteiger partial charge in [0, 0.05) is 0 Å². The number of aromatic nitrogens is 2. The maximum absolute atomic E-state index is 11.1. The highest BCUT2D eigenvalue weighted by Crippen LogP contribution is 2.15. The van der Waals surface area contributed by atoms with Crippen molar-refractivity contribution in [3.8, 4) is 5.88 Å². The molecule has 0 saturated heterocycles. The number of hydrogen-bond donors (Lipinski definition) is 2. The Labute approximate surface area is 92.2 Å². The Kier molecular flexibility index (Phi) is 4.74. The molecule has 0 spiro atoms. The molecular formula is C9H14N2O5. The maximum atomic E-state index is 11.1. The second kappa shape index (κ2) is 6.09. The molecule has 16 heavy (non-hydrogen) atoms. The van der Waals surface area contributed by atoms with Gasteiger partial charge in [-0.3, -0.25) is 4.57 Å². The first kappa shape index (κ1) is 12.5. The van der Waals surface area contributed by atoms with Crippen LogP contribution in [0, 0.1) is 0 Å². The standard InChI is InChI=1S/C9H14N2O5/c1-15-9(14)7-8(13)11(6-10-7)2-4-16-5-3-12/h6,12-13H,2-5H2,1H3. The summed E-state index contributed by atoms with van der Waals surface area (Å²) in [5, 5.41) is 18.1. The van der Waals surface area contributed by atoms with E-state index in [1.807, 2.05) is 0 Å². The zero-order valence-electron chi connectivity index (χ0n) is 8.92. The SMILES string of the molecule is COC(=O)c1ncn(CCOCCO)c1O.